The van der Waals surface area contributed by atoms with Crippen LogP contribution in [-0.2, 0) is 6.42 Å². The van der Waals surface area contributed by atoms with Gasteiger partial charge in [-0.3, -0.25) is 10.1 Å². The van der Waals surface area contributed by atoms with Crippen LogP contribution >= 0.6 is 0 Å². The first-order chi connectivity index (χ1) is 7.00. The van der Waals surface area contributed by atoms with E-state index < -0.39 is 10.7 Å². The lowest BCUT2D eigenvalue weighted by atomic mass is 10.1. The molecule has 0 unspecified atom stereocenters. The molecule has 1 atom stereocenters. The first-order valence-electron chi connectivity index (χ1n) is 4.69. The van der Waals surface area contributed by atoms with Crippen LogP contribution in [0, 0.1) is 15.9 Å². The monoisotopic (exact) mass is 212 g/mol. The van der Waals surface area contributed by atoms with Gasteiger partial charge in [0.2, 0.25) is 0 Å². The predicted molar refractivity (Wildman–Crippen MR) is 55.0 cm³/mol. The molecule has 0 spiro atoms. The summed E-state index contributed by atoms with van der Waals surface area (Å²) in [7, 11) is 0. The van der Waals surface area contributed by atoms with Crippen LogP contribution in [0.25, 0.3) is 0 Å². The van der Waals surface area contributed by atoms with Gasteiger partial charge < -0.3 is 5.73 Å². The average molecular weight is 212 g/mol. The summed E-state index contributed by atoms with van der Waals surface area (Å²) >= 11 is 0. The molecule has 4 nitrogen and oxygen atoms in total. The third kappa shape index (κ3) is 3.28. The van der Waals surface area contributed by atoms with Crippen LogP contribution in [0.4, 0.5) is 10.1 Å². The Hall–Kier alpha value is -1.49. The summed E-state index contributed by atoms with van der Waals surface area (Å²) in [5, 5.41) is 10.3. The van der Waals surface area contributed by atoms with Crippen molar-refractivity contribution in [2.75, 3.05) is 0 Å². The fourth-order valence-electron chi connectivity index (χ4n) is 1.24. The maximum Gasteiger partial charge on any atom is 0.272 e. The fraction of sp³-hybridized carbons (Fsp3) is 0.400. The number of rotatable bonds is 4. The van der Waals surface area contributed by atoms with Gasteiger partial charge in [0.15, 0.2) is 0 Å². The third-order valence-electron chi connectivity index (χ3n) is 2.12. The summed E-state index contributed by atoms with van der Waals surface area (Å²) in [6, 6.07) is 3.69. The summed E-state index contributed by atoms with van der Waals surface area (Å²) < 4.78 is 13.3. The average Bonchev–Trinajstić information content (AvgIpc) is 2.15. The highest BCUT2D eigenvalue weighted by Gasteiger charge is 2.10. The van der Waals surface area contributed by atoms with E-state index in [9.17, 15) is 14.5 Å². The van der Waals surface area contributed by atoms with E-state index in [0.717, 1.165) is 6.07 Å². The Kier molecular flexibility index (Phi) is 3.74. The third-order valence-corrected chi connectivity index (χ3v) is 2.12. The number of hydrogen-bond acceptors (Lipinski definition) is 3. The van der Waals surface area contributed by atoms with Crippen molar-refractivity contribution in [3.05, 3.63) is 39.7 Å². The van der Waals surface area contributed by atoms with Gasteiger partial charge in [-0.1, -0.05) is 0 Å². The maximum absolute atomic E-state index is 13.3. The Balaban J connectivity index is 2.79. The van der Waals surface area contributed by atoms with Gasteiger partial charge in [-0.25, -0.2) is 4.39 Å². The molecule has 0 bridgehead atoms. The van der Waals surface area contributed by atoms with Gasteiger partial charge in [0, 0.05) is 12.1 Å². The second-order valence-electron chi connectivity index (χ2n) is 3.55. The van der Waals surface area contributed by atoms with E-state index in [4.69, 9.17) is 5.73 Å². The number of non-ortho nitro benzene ring substituents is 1. The van der Waals surface area contributed by atoms with Crippen LogP contribution in [0.3, 0.4) is 0 Å². The van der Waals surface area contributed by atoms with Crippen LogP contribution < -0.4 is 5.73 Å². The molecule has 1 aromatic rings. The number of hydrogen-bond donors (Lipinski definition) is 1. The number of nitrogens with two attached hydrogens (primary N) is 1. The highest BCUT2D eigenvalue weighted by atomic mass is 19.1. The highest BCUT2D eigenvalue weighted by molar-refractivity contribution is 5.34. The van der Waals surface area contributed by atoms with Crippen molar-refractivity contribution in [3.8, 4) is 0 Å². The van der Waals surface area contributed by atoms with E-state index in [2.05, 4.69) is 0 Å². The molecule has 1 rings (SSSR count). The molecule has 0 radical (unpaired) electrons. The number of nitro benzene ring substituents is 1. The molecule has 15 heavy (non-hydrogen) atoms. The molecule has 0 aliphatic carbocycles. The molecule has 0 aliphatic rings. The highest BCUT2D eigenvalue weighted by Crippen LogP contribution is 2.17. The maximum atomic E-state index is 13.3. The van der Waals surface area contributed by atoms with Crippen molar-refractivity contribution in [1.82, 2.24) is 0 Å². The second kappa shape index (κ2) is 4.84. The van der Waals surface area contributed by atoms with Gasteiger partial charge in [-0.2, -0.15) is 0 Å². The van der Waals surface area contributed by atoms with Gasteiger partial charge >= 0.3 is 0 Å². The summed E-state index contributed by atoms with van der Waals surface area (Å²) in [6.45, 7) is 1.84. The minimum absolute atomic E-state index is 0.000378. The van der Waals surface area contributed by atoms with E-state index in [0.29, 0.717) is 18.4 Å². The Morgan fingerprint density at radius 2 is 2.27 bits per heavy atom. The molecule has 0 heterocycles. The molecule has 2 N–H and O–H groups in total. The fourth-order valence-corrected chi connectivity index (χ4v) is 1.24. The minimum atomic E-state index is -0.613. The topological polar surface area (TPSA) is 69.2 Å². The summed E-state index contributed by atoms with van der Waals surface area (Å²) in [5.41, 5.74) is 5.78. The van der Waals surface area contributed by atoms with Crippen LogP contribution in [0.15, 0.2) is 18.2 Å². The SMILES string of the molecule is C[C@H](N)CCc1ccc([N+](=O)[O-])cc1F. The largest absolute Gasteiger partial charge is 0.328 e. The van der Waals surface area contributed by atoms with Gasteiger partial charge in [-0.15, -0.1) is 0 Å². The van der Waals surface area contributed by atoms with E-state index in [-0.39, 0.29) is 11.7 Å². The number of aryl methyl sites for hydroxylation is 1. The van der Waals surface area contributed by atoms with Crippen molar-refractivity contribution in [2.45, 2.75) is 25.8 Å². The van der Waals surface area contributed by atoms with Gasteiger partial charge in [0.05, 0.1) is 11.0 Å². The van der Waals surface area contributed by atoms with Crippen LogP contribution in [0.2, 0.25) is 0 Å². The molecule has 5 heteroatoms. The van der Waals surface area contributed by atoms with Gasteiger partial charge in [0.1, 0.15) is 5.82 Å². The van der Waals surface area contributed by atoms with Gasteiger partial charge in [-0.05, 0) is 31.4 Å². The Labute approximate surface area is 87.0 Å². The summed E-state index contributed by atoms with van der Waals surface area (Å²) in [5.74, 6) is -0.537. The lowest BCUT2D eigenvalue weighted by molar-refractivity contribution is -0.385. The summed E-state index contributed by atoms with van der Waals surface area (Å²) in [4.78, 5) is 9.74. The molecular formula is C10H13FN2O2. The number of nitro groups is 1. The second-order valence-corrected chi connectivity index (χ2v) is 3.55. The number of halogens is 1. The molecule has 1 aromatic carbocycles. The molecule has 0 aromatic heterocycles. The van der Waals surface area contributed by atoms with E-state index in [1.807, 2.05) is 6.92 Å². The van der Waals surface area contributed by atoms with Crippen molar-refractivity contribution in [3.63, 3.8) is 0 Å². The Morgan fingerprint density at radius 3 is 2.73 bits per heavy atom. The number of nitrogens with zero attached hydrogens (tertiary/aromatic N) is 1. The molecule has 0 saturated heterocycles. The van der Waals surface area contributed by atoms with Crippen molar-refractivity contribution in [2.24, 2.45) is 5.73 Å². The standard InChI is InChI=1S/C10H13FN2O2/c1-7(12)2-3-8-4-5-9(13(14)15)6-10(8)11/h4-7H,2-3,12H2,1H3/t7-/m0/s1. The Bertz CT molecular complexity index is 366. The number of benzene rings is 1. The van der Waals surface area contributed by atoms with Crippen LogP contribution in [0.1, 0.15) is 18.9 Å². The smallest absolute Gasteiger partial charge is 0.272 e. The first-order valence-corrected chi connectivity index (χ1v) is 4.69. The van der Waals surface area contributed by atoms with Gasteiger partial charge in [0.25, 0.3) is 5.69 Å². The summed E-state index contributed by atoms with van der Waals surface area (Å²) in [6.07, 6.45) is 1.16. The van der Waals surface area contributed by atoms with Crippen LogP contribution in [0.5, 0.6) is 0 Å². The zero-order chi connectivity index (χ0) is 11.4. The van der Waals surface area contributed by atoms with Crippen molar-refractivity contribution >= 4 is 5.69 Å². The minimum Gasteiger partial charge on any atom is -0.328 e. The molecular weight excluding hydrogens is 199 g/mol. The van der Waals surface area contributed by atoms with Crippen molar-refractivity contribution < 1.29 is 9.31 Å². The lowest BCUT2D eigenvalue weighted by Gasteiger charge is -2.05. The quantitative estimate of drug-likeness (QED) is 0.613. The molecule has 0 amide bonds. The zero-order valence-corrected chi connectivity index (χ0v) is 8.44. The van der Waals surface area contributed by atoms with E-state index in [1.165, 1.54) is 12.1 Å². The zero-order valence-electron chi connectivity index (χ0n) is 8.44. The van der Waals surface area contributed by atoms with E-state index in [1.54, 1.807) is 0 Å². The molecule has 0 fully saturated rings. The molecule has 0 aliphatic heterocycles. The van der Waals surface area contributed by atoms with Crippen LogP contribution in [-0.4, -0.2) is 11.0 Å². The lowest BCUT2D eigenvalue weighted by Crippen LogP contribution is -2.15. The normalized spacial score (nSPS) is 12.5. The predicted octanol–water partition coefficient (Wildman–Crippen LogP) is 2.01. The van der Waals surface area contributed by atoms with E-state index >= 15 is 0 Å². The molecule has 0 saturated carbocycles. The Morgan fingerprint density at radius 1 is 1.60 bits per heavy atom. The van der Waals surface area contributed by atoms with Crippen molar-refractivity contribution in [1.29, 1.82) is 0 Å². The first kappa shape index (κ1) is 11.6. The molecule has 82 valence electrons.